The Bertz CT molecular complexity index is 478. The van der Waals surface area contributed by atoms with Crippen LogP contribution in [0, 0.1) is 5.82 Å². The van der Waals surface area contributed by atoms with E-state index in [9.17, 15) is 9.18 Å². The van der Waals surface area contributed by atoms with Gasteiger partial charge in [-0.25, -0.2) is 4.39 Å². The van der Waals surface area contributed by atoms with Crippen LogP contribution in [0.2, 0.25) is 0 Å². The van der Waals surface area contributed by atoms with E-state index < -0.39 is 6.10 Å². The summed E-state index contributed by atoms with van der Waals surface area (Å²) >= 11 is 0. The van der Waals surface area contributed by atoms with Gasteiger partial charge in [-0.15, -0.1) is 0 Å². The molecule has 0 saturated carbocycles. The van der Waals surface area contributed by atoms with Gasteiger partial charge in [0.1, 0.15) is 11.9 Å². The van der Waals surface area contributed by atoms with Crippen molar-refractivity contribution in [2.45, 2.75) is 44.9 Å². The zero-order valence-electron chi connectivity index (χ0n) is 12.6. The number of benzene rings is 1. The normalized spacial score (nSPS) is 23.0. The second-order valence-electron chi connectivity index (χ2n) is 5.41. The Morgan fingerprint density at radius 2 is 2.10 bits per heavy atom. The molecule has 0 bridgehead atoms. The second kappa shape index (κ2) is 7.00. The van der Waals surface area contributed by atoms with Gasteiger partial charge in [0.15, 0.2) is 0 Å². The molecule has 4 nitrogen and oxygen atoms in total. The number of amides is 1. The van der Waals surface area contributed by atoms with E-state index in [0.29, 0.717) is 19.5 Å². The molecule has 3 atom stereocenters. The Hall–Kier alpha value is -1.46. The molecule has 1 heterocycles. The van der Waals surface area contributed by atoms with E-state index in [4.69, 9.17) is 10.5 Å². The molecule has 1 aliphatic rings. The van der Waals surface area contributed by atoms with Gasteiger partial charge in [0, 0.05) is 13.1 Å². The summed E-state index contributed by atoms with van der Waals surface area (Å²) in [5.41, 5.74) is 6.50. The molecule has 1 aromatic rings. The predicted octanol–water partition coefficient (Wildman–Crippen LogP) is 2.24. The van der Waals surface area contributed by atoms with Crippen LogP contribution in [0.15, 0.2) is 24.3 Å². The minimum Gasteiger partial charge on any atom is -0.364 e. The van der Waals surface area contributed by atoms with Gasteiger partial charge in [-0.05, 0) is 44.4 Å². The topological polar surface area (TPSA) is 55.6 Å². The molecular weight excluding hydrogens is 271 g/mol. The number of ether oxygens (including phenoxy) is 1. The molecule has 1 amide bonds. The summed E-state index contributed by atoms with van der Waals surface area (Å²) in [4.78, 5) is 14.4. The third kappa shape index (κ3) is 3.60. The third-order valence-corrected chi connectivity index (χ3v) is 4.09. The highest BCUT2D eigenvalue weighted by atomic mass is 19.1. The highest BCUT2D eigenvalue weighted by Gasteiger charge is 2.34. The number of carbonyl (C=O) groups excluding carboxylic acids is 1. The van der Waals surface area contributed by atoms with Crippen molar-refractivity contribution in [3.8, 4) is 0 Å². The molecule has 2 rings (SSSR count). The van der Waals surface area contributed by atoms with Crippen LogP contribution in [0.1, 0.15) is 38.3 Å². The first kappa shape index (κ1) is 15.9. The highest BCUT2D eigenvalue weighted by Crippen LogP contribution is 2.26. The molecule has 5 heteroatoms. The van der Waals surface area contributed by atoms with E-state index in [-0.39, 0.29) is 23.9 Å². The number of nitrogens with zero attached hydrogens (tertiary/aromatic N) is 1. The molecule has 1 aromatic carbocycles. The Balaban J connectivity index is 2.08. The molecule has 116 valence electrons. The molecule has 0 spiro atoms. The molecule has 21 heavy (non-hydrogen) atoms. The maximum Gasteiger partial charge on any atom is 0.252 e. The van der Waals surface area contributed by atoms with Crippen molar-refractivity contribution in [2.75, 3.05) is 13.1 Å². The van der Waals surface area contributed by atoms with E-state index in [1.165, 1.54) is 12.1 Å². The summed E-state index contributed by atoms with van der Waals surface area (Å²) in [7, 11) is 0. The second-order valence-corrected chi connectivity index (χ2v) is 5.41. The first-order valence-electron chi connectivity index (χ1n) is 7.48. The van der Waals surface area contributed by atoms with Crippen LogP contribution < -0.4 is 5.73 Å². The fourth-order valence-electron chi connectivity index (χ4n) is 2.79. The van der Waals surface area contributed by atoms with Crippen LogP contribution in [0.5, 0.6) is 0 Å². The molecule has 2 N–H and O–H groups in total. The van der Waals surface area contributed by atoms with E-state index in [2.05, 4.69) is 0 Å². The maximum absolute atomic E-state index is 13.0. The van der Waals surface area contributed by atoms with Crippen molar-refractivity contribution in [2.24, 2.45) is 5.73 Å². The van der Waals surface area contributed by atoms with Gasteiger partial charge < -0.3 is 15.4 Å². The van der Waals surface area contributed by atoms with Crippen LogP contribution in [-0.4, -0.2) is 36.1 Å². The predicted molar refractivity (Wildman–Crippen MR) is 79.2 cm³/mol. The number of carbonyl (C=O) groups is 1. The van der Waals surface area contributed by atoms with Crippen molar-refractivity contribution < 1.29 is 13.9 Å². The van der Waals surface area contributed by atoms with Crippen LogP contribution in [0.3, 0.4) is 0 Å². The van der Waals surface area contributed by atoms with Crippen LogP contribution in [0.25, 0.3) is 0 Å². The molecule has 1 saturated heterocycles. The smallest absolute Gasteiger partial charge is 0.252 e. The first-order chi connectivity index (χ1) is 10.1. The lowest BCUT2D eigenvalue weighted by Gasteiger charge is -2.30. The molecular formula is C16H23FN2O2. The zero-order valence-corrected chi connectivity index (χ0v) is 12.6. The third-order valence-electron chi connectivity index (χ3n) is 4.09. The van der Waals surface area contributed by atoms with Crippen LogP contribution >= 0.6 is 0 Å². The lowest BCUT2D eigenvalue weighted by Crippen LogP contribution is -2.41. The number of halogens is 1. The summed E-state index contributed by atoms with van der Waals surface area (Å²) in [5.74, 6) is -0.282. The maximum atomic E-state index is 13.0. The van der Waals surface area contributed by atoms with Crippen molar-refractivity contribution >= 4 is 5.91 Å². The average molecular weight is 294 g/mol. The summed E-state index contributed by atoms with van der Waals surface area (Å²) in [6, 6.07) is 6.16. The minimum atomic E-state index is -0.401. The van der Waals surface area contributed by atoms with Crippen molar-refractivity contribution in [3.05, 3.63) is 35.6 Å². The van der Waals surface area contributed by atoms with Crippen molar-refractivity contribution in [1.29, 1.82) is 0 Å². The molecule has 1 aliphatic heterocycles. The average Bonchev–Trinajstić information content (AvgIpc) is 2.97. The Labute approximate surface area is 125 Å². The molecule has 0 aliphatic carbocycles. The van der Waals surface area contributed by atoms with Crippen LogP contribution in [0.4, 0.5) is 4.39 Å². The number of likely N-dealkylation sites (N-methyl/N-ethyl adjacent to an activating group) is 1. The standard InChI is InChI=1S/C16H23FN2O2/c1-3-19(11(2)12-4-6-13(17)7-5-12)16(20)15-9-8-14(10-18)21-15/h4-7,11,14-15H,3,8-10,18H2,1-2H3. The lowest BCUT2D eigenvalue weighted by molar-refractivity contribution is -0.144. The molecule has 0 aromatic heterocycles. The minimum absolute atomic E-state index is 0.00900. The molecule has 3 unspecified atom stereocenters. The van der Waals surface area contributed by atoms with Gasteiger partial charge >= 0.3 is 0 Å². The van der Waals surface area contributed by atoms with Gasteiger partial charge in [0.25, 0.3) is 5.91 Å². The van der Waals surface area contributed by atoms with Gasteiger partial charge in [-0.1, -0.05) is 12.1 Å². The quantitative estimate of drug-likeness (QED) is 0.906. The van der Waals surface area contributed by atoms with Gasteiger partial charge in [0.2, 0.25) is 0 Å². The lowest BCUT2D eigenvalue weighted by atomic mass is 10.1. The van der Waals surface area contributed by atoms with Gasteiger partial charge in [-0.3, -0.25) is 4.79 Å². The zero-order chi connectivity index (χ0) is 15.4. The van der Waals surface area contributed by atoms with Crippen molar-refractivity contribution in [3.63, 3.8) is 0 Å². The van der Waals surface area contributed by atoms with Crippen LogP contribution in [-0.2, 0) is 9.53 Å². The SMILES string of the molecule is CCN(C(=O)C1CCC(CN)O1)C(C)c1ccc(F)cc1. The van der Waals surface area contributed by atoms with Gasteiger partial charge in [0.05, 0.1) is 12.1 Å². The first-order valence-corrected chi connectivity index (χ1v) is 7.48. The highest BCUT2D eigenvalue weighted by molar-refractivity contribution is 5.81. The van der Waals surface area contributed by atoms with Crippen molar-refractivity contribution in [1.82, 2.24) is 4.90 Å². The largest absolute Gasteiger partial charge is 0.364 e. The molecule has 1 fully saturated rings. The monoisotopic (exact) mass is 294 g/mol. The number of hydrogen-bond acceptors (Lipinski definition) is 3. The number of nitrogens with two attached hydrogens (primary N) is 1. The Morgan fingerprint density at radius 3 is 2.62 bits per heavy atom. The van der Waals surface area contributed by atoms with E-state index in [0.717, 1.165) is 12.0 Å². The molecule has 0 radical (unpaired) electrons. The summed E-state index contributed by atoms with van der Waals surface area (Å²) in [6.07, 6.45) is 1.13. The summed E-state index contributed by atoms with van der Waals surface area (Å²) in [6.45, 7) is 4.92. The number of hydrogen-bond donors (Lipinski definition) is 1. The number of rotatable bonds is 5. The Morgan fingerprint density at radius 1 is 1.43 bits per heavy atom. The fraction of sp³-hybridized carbons (Fsp3) is 0.562. The summed E-state index contributed by atoms with van der Waals surface area (Å²) in [5, 5.41) is 0. The van der Waals surface area contributed by atoms with E-state index >= 15 is 0 Å². The van der Waals surface area contributed by atoms with Gasteiger partial charge in [-0.2, -0.15) is 0 Å². The van der Waals surface area contributed by atoms with E-state index in [1.54, 1.807) is 17.0 Å². The summed E-state index contributed by atoms with van der Waals surface area (Å²) < 4.78 is 18.7. The Kier molecular flexibility index (Phi) is 5.31. The fourth-order valence-corrected chi connectivity index (χ4v) is 2.79. The van der Waals surface area contributed by atoms with E-state index in [1.807, 2.05) is 13.8 Å².